The third-order valence-corrected chi connectivity index (χ3v) is 5.58. The van der Waals surface area contributed by atoms with Gasteiger partial charge in [-0.25, -0.2) is 5.01 Å². The predicted octanol–water partition coefficient (Wildman–Crippen LogP) is -0.896. The van der Waals surface area contributed by atoms with Gasteiger partial charge in [-0.3, -0.25) is 29.0 Å². The van der Waals surface area contributed by atoms with Crippen LogP contribution in [0.25, 0.3) is 6.08 Å². The van der Waals surface area contributed by atoms with Crippen LogP contribution in [0.15, 0.2) is 27.6 Å². The highest BCUT2D eigenvalue weighted by molar-refractivity contribution is 6.52. The predicted molar refractivity (Wildman–Crippen MR) is 118 cm³/mol. The van der Waals surface area contributed by atoms with Crippen LogP contribution in [0.1, 0.15) is 11.3 Å². The number of carbonyl (C=O) groups excluding carboxylic acids is 2. The van der Waals surface area contributed by atoms with Crippen LogP contribution in [-0.2, 0) is 37.6 Å². The molecule has 12 heteroatoms. The molecule has 1 aromatic heterocycles. The third kappa shape index (κ3) is 5.14. The van der Waals surface area contributed by atoms with E-state index in [0.717, 1.165) is 5.01 Å². The molecule has 1 N–H and O–H groups in total. The minimum atomic E-state index is -0.380. The number of nitrogens with one attached hydrogen (secondary N) is 1. The highest BCUT2D eigenvalue weighted by Crippen LogP contribution is 2.17. The van der Waals surface area contributed by atoms with Gasteiger partial charge in [0.1, 0.15) is 6.61 Å². The molecule has 0 radical (unpaired) electrons. The summed E-state index contributed by atoms with van der Waals surface area (Å²) in [5.74, 6) is -0.693. The minimum absolute atomic E-state index is 0.0897. The Labute approximate surface area is 190 Å². The maximum atomic E-state index is 12.9. The fourth-order valence-corrected chi connectivity index (χ4v) is 3.73. The van der Waals surface area contributed by atoms with E-state index in [1.54, 1.807) is 29.2 Å². The standard InChI is InChI=1S/C21H28N6O6/c1-24-19(28)15(17(22-24)14-33-27-8-12-32-13-9-27)4-3-5-16-18(23-25(2)20(16)29)21(30)26-6-10-31-11-7-26/h3-5,22H,6-14H2,1-2H3/b4-3+,16-5+. The minimum Gasteiger partial charge on any atom is -0.379 e. The smallest absolute Gasteiger partial charge is 0.276 e. The van der Waals surface area contributed by atoms with Crippen LogP contribution in [-0.4, -0.2) is 102 Å². The number of morpholine rings is 2. The van der Waals surface area contributed by atoms with E-state index in [1.165, 1.54) is 17.8 Å². The summed E-state index contributed by atoms with van der Waals surface area (Å²) in [4.78, 5) is 45.4. The van der Waals surface area contributed by atoms with Crippen LogP contribution < -0.4 is 5.56 Å². The van der Waals surface area contributed by atoms with Gasteiger partial charge in [0.2, 0.25) is 0 Å². The fourth-order valence-electron chi connectivity index (χ4n) is 3.73. The quantitative estimate of drug-likeness (QED) is 0.546. The molecule has 2 amide bonds. The zero-order valence-electron chi connectivity index (χ0n) is 18.8. The van der Waals surface area contributed by atoms with E-state index in [2.05, 4.69) is 10.2 Å². The highest BCUT2D eigenvalue weighted by Gasteiger charge is 2.34. The summed E-state index contributed by atoms with van der Waals surface area (Å²) in [6.45, 7) is 4.50. The number of amides is 2. The summed E-state index contributed by atoms with van der Waals surface area (Å²) in [6, 6.07) is 0. The van der Waals surface area contributed by atoms with Crippen molar-refractivity contribution >= 4 is 23.6 Å². The lowest BCUT2D eigenvalue weighted by Crippen LogP contribution is -2.44. The molecule has 0 bridgehead atoms. The Balaban J connectivity index is 1.51. The first-order valence-corrected chi connectivity index (χ1v) is 10.8. The van der Waals surface area contributed by atoms with Gasteiger partial charge in [0.15, 0.2) is 5.71 Å². The van der Waals surface area contributed by atoms with E-state index < -0.39 is 0 Å². The Kier molecular flexibility index (Phi) is 7.18. The fraction of sp³-hybridized carbons (Fsp3) is 0.524. The molecule has 0 aliphatic carbocycles. The number of aromatic nitrogens is 2. The van der Waals surface area contributed by atoms with Gasteiger partial charge in [-0.2, -0.15) is 10.2 Å². The van der Waals surface area contributed by atoms with Crippen molar-refractivity contribution in [1.82, 2.24) is 24.8 Å². The second kappa shape index (κ2) is 10.3. The zero-order valence-corrected chi connectivity index (χ0v) is 18.8. The molecule has 178 valence electrons. The average Bonchev–Trinajstić information content (AvgIpc) is 3.28. The number of hydrazone groups is 1. The van der Waals surface area contributed by atoms with Gasteiger partial charge in [-0.05, 0) is 12.2 Å². The molecule has 0 saturated carbocycles. The summed E-state index contributed by atoms with van der Waals surface area (Å²) < 4.78 is 12.0. The van der Waals surface area contributed by atoms with Crippen LogP contribution in [0.4, 0.5) is 0 Å². The summed E-state index contributed by atoms with van der Waals surface area (Å²) in [5.41, 5.74) is 1.07. The lowest BCUT2D eigenvalue weighted by Gasteiger charge is -2.26. The number of hydroxylamine groups is 2. The van der Waals surface area contributed by atoms with Gasteiger partial charge >= 0.3 is 0 Å². The van der Waals surface area contributed by atoms with Crippen LogP contribution in [0, 0.1) is 0 Å². The first kappa shape index (κ1) is 23.1. The van der Waals surface area contributed by atoms with Crippen molar-refractivity contribution < 1.29 is 23.9 Å². The Bertz CT molecular complexity index is 1040. The second-order valence-corrected chi connectivity index (χ2v) is 7.80. The lowest BCUT2D eigenvalue weighted by atomic mass is 10.1. The van der Waals surface area contributed by atoms with Crippen molar-refractivity contribution in [2.75, 3.05) is 59.7 Å². The van der Waals surface area contributed by atoms with E-state index in [1.807, 2.05) is 0 Å². The van der Waals surface area contributed by atoms with Crippen molar-refractivity contribution in [3.63, 3.8) is 0 Å². The molecule has 0 unspecified atom stereocenters. The molecule has 4 rings (SSSR count). The number of rotatable bonds is 6. The Morgan fingerprint density at radius 1 is 1.09 bits per heavy atom. The van der Waals surface area contributed by atoms with Crippen molar-refractivity contribution in [3.05, 3.63) is 39.3 Å². The normalized spacial score (nSPS) is 21.5. The highest BCUT2D eigenvalue weighted by atomic mass is 16.7. The van der Waals surface area contributed by atoms with Crippen molar-refractivity contribution in [3.8, 4) is 0 Å². The van der Waals surface area contributed by atoms with Gasteiger partial charge in [0.25, 0.3) is 17.4 Å². The van der Waals surface area contributed by atoms with Crippen molar-refractivity contribution in [2.45, 2.75) is 6.61 Å². The third-order valence-electron chi connectivity index (χ3n) is 5.58. The monoisotopic (exact) mass is 460 g/mol. The van der Waals surface area contributed by atoms with Crippen LogP contribution >= 0.6 is 0 Å². The van der Waals surface area contributed by atoms with E-state index in [9.17, 15) is 14.4 Å². The number of hydrogen-bond donors (Lipinski definition) is 1. The van der Waals surface area contributed by atoms with Gasteiger partial charge in [0.05, 0.1) is 43.3 Å². The first-order chi connectivity index (χ1) is 16.0. The molecule has 2 saturated heterocycles. The number of carbonyl (C=O) groups is 2. The van der Waals surface area contributed by atoms with Crippen LogP contribution in [0.5, 0.6) is 0 Å². The molecule has 2 fully saturated rings. The molecule has 3 aliphatic rings. The average molecular weight is 460 g/mol. The molecule has 4 heterocycles. The van der Waals surface area contributed by atoms with Gasteiger partial charge < -0.3 is 14.4 Å². The molecule has 3 aliphatic heterocycles. The molecule has 0 spiro atoms. The molecule has 0 atom stereocenters. The largest absolute Gasteiger partial charge is 0.379 e. The number of ether oxygens (including phenoxy) is 2. The summed E-state index contributed by atoms with van der Waals surface area (Å²) in [7, 11) is 3.13. The summed E-state index contributed by atoms with van der Waals surface area (Å²) >= 11 is 0. The molecular formula is C21H28N6O6. The van der Waals surface area contributed by atoms with Gasteiger partial charge in [-0.1, -0.05) is 6.08 Å². The zero-order chi connectivity index (χ0) is 23.4. The number of aryl methyl sites for hydroxylation is 1. The van der Waals surface area contributed by atoms with Gasteiger partial charge in [0, 0.05) is 40.3 Å². The molecule has 12 nitrogen and oxygen atoms in total. The number of allylic oxidation sites excluding steroid dienone is 2. The van der Waals surface area contributed by atoms with E-state index in [-0.39, 0.29) is 35.3 Å². The van der Waals surface area contributed by atoms with Crippen LogP contribution in [0.3, 0.4) is 0 Å². The van der Waals surface area contributed by atoms with Crippen molar-refractivity contribution in [1.29, 1.82) is 0 Å². The Morgan fingerprint density at radius 2 is 1.76 bits per heavy atom. The van der Waals surface area contributed by atoms with Crippen molar-refractivity contribution in [2.24, 2.45) is 12.1 Å². The van der Waals surface area contributed by atoms with E-state index >= 15 is 0 Å². The summed E-state index contributed by atoms with van der Waals surface area (Å²) in [5, 5.41) is 10.1. The molecular weight excluding hydrogens is 432 g/mol. The lowest BCUT2D eigenvalue weighted by molar-refractivity contribution is -0.203. The Hall–Kier alpha value is -3.06. The first-order valence-electron chi connectivity index (χ1n) is 10.8. The van der Waals surface area contributed by atoms with Crippen LogP contribution in [0.2, 0.25) is 0 Å². The molecule has 33 heavy (non-hydrogen) atoms. The maximum absolute atomic E-state index is 12.9. The Morgan fingerprint density at radius 3 is 2.45 bits per heavy atom. The van der Waals surface area contributed by atoms with Gasteiger partial charge in [-0.15, -0.1) is 0 Å². The molecule has 0 aromatic carbocycles. The number of H-pyrrole nitrogens is 1. The molecule has 1 aromatic rings. The summed E-state index contributed by atoms with van der Waals surface area (Å²) in [6.07, 6.45) is 4.70. The van der Waals surface area contributed by atoms with E-state index in [0.29, 0.717) is 63.9 Å². The van der Waals surface area contributed by atoms with E-state index in [4.69, 9.17) is 14.3 Å². The maximum Gasteiger partial charge on any atom is 0.276 e. The second-order valence-electron chi connectivity index (χ2n) is 7.80. The number of aromatic amines is 1. The number of likely N-dealkylation sites (N-methyl/N-ethyl adjacent to an activating group) is 1. The number of nitrogens with zero attached hydrogens (tertiary/aromatic N) is 5. The SMILES string of the molecule is CN1N=C(C(=O)N2CCOCC2)/C(=C\C=C\c2c(CON3CCOCC3)[nH]n(C)c2=O)C1=O. The number of hydrogen-bond acceptors (Lipinski definition) is 8. The topological polar surface area (TPSA) is 122 Å².